The summed E-state index contributed by atoms with van der Waals surface area (Å²) in [6.45, 7) is 1.18. The Kier molecular flexibility index (Phi) is 4.66. The standard InChI is InChI=1S/C12H15NO4/c1-9(14)13(16)11(12(15)17-2)8-10-6-4-3-5-7-10/h3-7,11,16H,8H2,1-2H3/t11-/m0/s1. The summed E-state index contributed by atoms with van der Waals surface area (Å²) < 4.78 is 4.56. The molecule has 92 valence electrons. The van der Waals surface area contributed by atoms with Crippen LogP contribution in [-0.4, -0.2) is 35.3 Å². The Morgan fingerprint density at radius 1 is 1.35 bits per heavy atom. The van der Waals surface area contributed by atoms with Crippen LogP contribution in [-0.2, 0) is 20.7 Å². The van der Waals surface area contributed by atoms with E-state index < -0.39 is 17.9 Å². The quantitative estimate of drug-likeness (QED) is 0.482. The summed E-state index contributed by atoms with van der Waals surface area (Å²) in [5.74, 6) is -1.25. The lowest BCUT2D eigenvalue weighted by molar-refractivity contribution is -0.185. The second-order valence-electron chi connectivity index (χ2n) is 3.59. The molecular weight excluding hydrogens is 222 g/mol. The molecule has 0 unspecified atom stereocenters. The maximum atomic E-state index is 11.5. The number of rotatable bonds is 4. The molecule has 1 aromatic carbocycles. The van der Waals surface area contributed by atoms with E-state index in [0.717, 1.165) is 5.56 Å². The van der Waals surface area contributed by atoms with Crippen LogP contribution in [0.25, 0.3) is 0 Å². The third-order valence-corrected chi connectivity index (χ3v) is 2.36. The number of amides is 1. The summed E-state index contributed by atoms with van der Waals surface area (Å²) in [6, 6.07) is 8.09. The van der Waals surface area contributed by atoms with E-state index in [9.17, 15) is 14.8 Å². The number of ether oxygens (including phenoxy) is 1. The van der Waals surface area contributed by atoms with E-state index in [0.29, 0.717) is 5.06 Å². The van der Waals surface area contributed by atoms with Gasteiger partial charge in [-0.2, -0.15) is 0 Å². The van der Waals surface area contributed by atoms with Gasteiger partial charge in [0.1, 0.15) is 0 Å². The number of methoxy groups -OCH3 is 1. The van der Waals surface area contributed by atoms with Crippen LogP contribution >= 0.6 is 0 Å². The van der Waals surface area contributed by atoms with Crippen LogP contribution < -0.4 is 0 Å². The molecule has 0 aliphatic carbocycles. The van der Waals surface area contributed by atoms with E-state index in [1.807, 2.05) is 30.3 Å². The zero-order valence-corrected chi connectivity index (χ0v) is 9.79. The highest BCUT2D eigenvalue weighted by molar-refractivity contribution is 5.82. The van der Waals surface area contributed by atoms with Crippen molar-refractivity contribution in [3.63, 3.8) is 0 Å². The highest BCUT2D eigenvalue weighted by atomic mass is 16.5. The Hall–Kier alpha value is -1.88. The van der Waals surface area contributed by atoms with Gasteiger partial charge in [-0.05, 0) is 5.56 Å². The number of carbonyl (C=O) groups is 2. The van der Waals surface area contributed by atoms with Crippen molar-refractivity contribution in [3.05, 3.63) is 35.9 Å². The first-order valence-corrected chi connectivity index (χ1v) is 5.16. The first-order valence-electron chi connectivity index (χ1n) is 5.16. The predicted octanol–water partition coefficient (Wildman–Crippen LogP) is 1.01. The lowest BCUT2D eigenvalue weighted by atomic mass is 10.1. The smallest absolute Gasteiger partial charge is 0.331 e. The van der Waals surface area contributed by atoms with Crippen LogP contribution in [0.5, 0.6) is 0 Å². The molecule has 5 heteroatoms. The van der Waals surface area contributed by atoms with Crippen LogP contribution in [0.1, 0.15) is 12.5 Å². The molecule has 0 aliphatic rings. The van der Waals surface area contributed by atoms with Gasteiger partial charge >= 0.3 is 5.97 Å². The van der Waals surface area contributed by atoms with Gasteiger partial charge in [-0.3, -0.25) is 10.0 Å². The summed E-state index contributed by atoms with van der Waals surface area (Å²) in [7, 11) is 1.22. The minimum Gasteiger partial charge on any atom is -0.467 e. The molecule has 0 fully saturated rings. The van der Waals surface area contributed by atoms with Crippen LogP contribution in [0.2, 0.25) is 0 Å². The average molecular weight is 237 g/mol. The topological polar surface area (TPSA) is 66.8 Å². The molecule has 0 bridgehead atoms. The average Bonchev–Trinajstić information content (AvgIpc) is 2.35. The molecule has 0 aromatic heterocycles. The van der Waals surface area contributed by atoms with E-state index in [2.05, 4.69) is 4.74 Å². The highest BCUT2D eigenvalue weighted by Gasteiger charge is 2.28. The molecule has 0 saturated carbocycles. The van der Waals surface area contributed by atoms with Crippen molar-refractivity contribution in [2.45, 2.75) is 19.4 Å². The molecule has 0 aliphatic heterocycles. The fraction of sp³-hybridized carbons (Fsp3) is 0.333. The first-order chi connectivity index (χ1) is 8.06. The fourth-order valence-electron chi connectivity index (χ4n) is 1.46. The van der Waals surface area contributed by atoms with Gasteiger partial charge in [-0.25, -0.2) is 9.86 Å². The molecular formula is C12H15NO4. The third-order valence-electron chi connectivity index (χ3n) is 2.36. The number of esters is 1. The number of carbonyl (C=O) groups excluding carboxylic acids is 2. The van der Waals surface area contributed by atoms with Crippen molar-refractivity contribution >= 4 is 11.9 Å². The van der Waals surface area contributed by atoms with Gasteiger partial charge < -0.3 is 4.74 Å². The molecule has 1 atom stereocenters. The Morgan fingerprint density at radius 2 is 1.94 bits per heavy atom. The zero-order chi connectivity index (χ0) is 12.8. The Labute approximate surface area is 99.6 Å². The van der Waals surface area contributed by atoms with Gasteiger partial charge in [-0.1, -0.05) is 30.3 Å². The number of hydroxylamine groups is 2. The van der Waals surface area contributed by atoms with E-state index in [1.54, 1.807) is 0 Å². The number of hydrogen-bond donors (Lipinski definition) is 1. The lowest BCUT2D eigenvalue weighted by Gasteiger charge is -2.22. The summed E-state index contributed by atoms with van der Waals surface area (Å²) >= 11 is 0. The van der Waals surface area contributed by atoms with Crippen molar-refractivity contribution in [3.8, 4) is 0 Å². The minimum atomic E-state index is -1.01. The van der Waals surface area contributed by atoms with Crippen LogP contribution in [0.3, 0.4) is 0 Å². The van der Waals surface area contributed by atoms with E-state index in [4.69, 9.17) is 0 Å². The molecule has 0 radical (unpaired) electrons. The maximum absolute atomic E-state index is 11.5. The largest absolute Gasteiger partial charge is 0.467 e. The zero-order valence-electron chi connectivity index (χ0n) is 9.79. The van der Waals surface area contributed by atoms with Gasteiger partial charge in [0.2, 0.25) is 5.91 Å². The first kappa shape index (κ1) is 13.2. The summed E-state index contributed by atoms with van der Waals surface area (Å²) in [5, 5.41) is 9.93. The SMILES string of the molecule is COC(=O)[C@H](Cc1ccccc1)N(O)C(C)=O. The molecule has 0 spiro atoms. The summed E-state index contributed by atoms with van der Waals surface area (Å²) in [6.07, 6.45) is 0.212. The summed E-state index contributed by atoms with van der Waals surface area (Å²) in [4.78, 5) is 22.6. The Bertz CT molecular complexity index is 391. The molecule has 1 N–H and O–H groups in total. The fourth-order valence-corrected chi connectivity index (χ4v) is 1.46. The second-order valence-corrected chi connectivity index (χ2v) is 3.59. The normalized spacial score (nSPS) is 11.7. The van der Waals surface area contributed by atoms with E-state index in [1.165, 1.54) is 14.0 Å². The van der Waals surface area contributed by atoms with E-state index in [-0.39, 0.29) is 6.42 Å². The molecule has 1 aromatic rings. The predicted molar refractivity (Wildman–Crippen MR) is 60.3 cm³/mol. The number of benzene rings is 1. The van der Waals surface area contributed by atoms with Crippen LogP contribution in [0.15, 0.2) is 30.3 Å². The Morgan fingerprint density at radius 3 is 2.41 bits per heavy atom. The van der Waals surface area contributed by atoms with Crippen LogP contribution in [0, 0.1) is 0 Å². The summed E-state index contributed by atoms with van der Waals surface area (Å²) in [5.41, 5.74) is 0.836. The molecule has 1 amide bonds. The number of nitrogens with zero attached hydrogens (tertiary/aromatic N) is 1. The molecule has 0 saturated heterocycles. The van der Waals surface area contributed by atoms with Crippen molar-refractivity contribution in [2.24, 2.45) is 0 Å². The highest BCUT2D eigenvalue weighted by Crippen LogP contribution is 2.09. The van der Waals surface area contributed by atoms with Gasteiger partial charge in [0.05, 0.1) is 7.11 Å². The number of hydrogen-bond acceptors (Lipinski definition) is 4. The van der Waals surface area contributed by atoms with Gasteiger partial charge in [0.25, 0.3) is 0 Å². The van der Waals surface area contributed by atoms with E-state index >= 15 is 0 Å². The van der Waals surface area contributed by atoms with Crippen molar-refractivity contribution in [1.82, 2.24) is 5.06 Å². The molecule has 17 heavy (non-hydrogen) atoms. The van der Waals surface area contributed by atoms with Crippen molar-refractivity contribution < 1.29 is 19.5 Å². The minimum absolute atomic E-state index is 0.212. The molecule has 1 rings (SSSR count). The van der Waals surface area contributed by atoms with Crippen LogP contribution in [0.4, 0.5) is 0 Å². The molecule has 5 nitrogen and oxygen atoms in total. The second kappa shape index (κ2) is 6.00. The molecule has 0 heterocycles. The maximum Gasteiger partial charge on any atom is 0.331 e. The van der Waals surface area contributed by atoms with Gasteiger partial charge in [0.15, 0.2) is 6.04 Å². The monoisotopic (exact) mass is 237 g/mol. The lowest BCUT2D eigenvalue weighted by Crippen LogP contribution is -2.43. The Balaban J connectivity index is 2.85. The van der Waals surface area contributed by atoms with Crippen molar-refractivity contribution in [2.75, 3.05) is 7.11 Å². The van der Waals surface area contributed by atoms with Gasteiger partial charge in [-0.15, -0.1) is 0 Å². The third kappa shape index (κ3) is 3.57. The van der Waals surface area contributed by atoms with Crippen molar-refractivity contribution in [1.29, 1.82) is 0 Å². The van der Waals surface area contributed by atoms with Gasteiger partial charge in [0, 0.05) is 13.3 Å².